The Morgan fingerprint density at radius 1 is 1.04 bits per heavy atom. The van der Waals surface area contributed by atoms with E-state index in [1.165, 1.54) is 10.8 Å². The first-order valence-electron chi connectivity index (χ1n) is 8.99. The average molecular weight is 348 g/mol. The number of rotatable bonds is 12. The maximum absolute atomic E-state index is 11.7. The zero-order valence-corrected chi connectivity index (χ0v) is 14.6. The van der Waals surface area contributed by atoms with E-state index < -0.39 is 0 Å². The molecule has 1 heterocycles. The number of nitrogens with zero attached hydrogens (tertiary/aromatic N) is 1. The molecular formula is C19H28N2O4. The van der Waals surface area contributed by atoms with E-state index in [0.29, 0.717) is 5.69 Å². The van der Waals surface area contributed by atoms with Gasteiger partial charge in [-0.1, -0.05) is 31.4 Å². The number of aryl methyl sites for hydroxylation is 1. The Morgan fingerprint density at radius 2 is 1.80 bits per heavy atom. The molecule has 1 aromatic carbocycles. The third-order valence-corrected chi connectivity index (χ3v) is 4.13. The van der Waals surface area contributed by atoms with Crippen LogP contribution in [0.5, 0.6) is 5.88 Å². The van der Waals surface area contributed by atoms with Crippen LogP contribution >= 0.6 is 0 Å². The molecule has 2 rings (SSSR count). The van der Waals surface area contributed by atoms with Crippen LogP contribution in [0, 0.1) is 0 Å². The third-order valence-electron chi connectivity index (χ3n) is 4.13. The molecular weight excluding hydrogens is 320 g/mol. The Balaban J connectivity index is 1.67. The van der Waals surface area contributed by atoms with Crippen LogP contribution in [-0.2, 0) is 11.2 Å². The number of ether oxygens (including phenoxy) is 1. The van der Waals surface area contributed by atoms with Crippen LogP contribution in [0.15, 0.2) is 35.3 Å². The van der Waals surface area contributed by atoms with E-state index in [9.17, 15) is 9.90 Å². The van der Waals surface area contributed by atoms with Crippen molar-refractivity contribution < 1.29 is 14.9 Å². The molecule has 0 amide bonds. The summed E-state index contributed by atoms with van der Waals surface area (Å²) < 4.78 is 6.90. The minimum Gasteiger partial charge on any atom is -0.493 e. The lowest BCUT2D eigenvalue weighted by molar-refractivity contribution is 0.127. The summed E-state index contributed by atoms with van der Waals surface area (Å²) in [7, 11) is 0. The molecule has 0 unspecified atom stereocenters. The van der Waals surface area contributed by atoms with Gasteiger partial charge in [-0.05, 0) is 43.4 Å². The molecule has 0 aliphatic heterocycles. The van der Waals surface area contributed by atoms with E-state index in [1.54, 1.807) is 6.07 Å². The van der Waals surface area contributed by atoms with Crippen LogP contribution in [-0.4, -0.2) is 39.6 Å². The van der Waals surface area contributed by atoms with Crippen molar-refractivity contribution in [2.45, 2.75) is 44.9 Å². The van der Waals surface area contributed by atoms with Gasteiger partial charge in [0.15, 0.2) is 0 Å². The minimum absolute atomic E-state index is 0.0931. The van der Waals surface area contributed by atoms with Gasteiger partial charge in [0, 0.05) is 19.8 Å². The number of aromatic nitrogens is 2. The maximum atomic E-state index is 11.7. The van der Waals surface area contributed by atoms with Crippen molar-refractivity contribution in [2.24, 2.45) is 0 Å². The number of aromatic amines is 1. The maximum Gasteiger partial charge on any atom is 0.333 e. The molecule has 0 saturated heterocycles. The van der Waals surface area contributed by atoms with E-state index >= 15 is 0 Å². The number of nitrogens with one attached hydrogen (secondary N) is 1. The Morgan fingerprint density at radius 3 is 2.56 bits per heavy atom. The largest absolute Gasteiger partial charge is 0.493 e. The molecule has 0 aliphatic rings. The molecule has 1 aromatic heterocycles. The minimum atomic E-state index is -0.350. The molecule has 0 aliphatic carbocycles. The van der Waals surface area contributed by atoms with Gasteiger partial charge in [0.25, 0.3) is 0 Å². The molecule has 0 radical (unpaired) electrons. The summed E-state index contributed by atoms with van der Waals surface area (Å²) in [4.78, 5) is 14.2. The van der Waals surface area contributed by atoms with Gasteiger partial charge in [0.1, 0.15) is 0 Å². The monoisotopic (exact) mass is 348 g/mol. The number of aliphatic hydroxyl groups excluding tert-OH is 1. The number of imidazole rings is 1. The summed E-state index contributed by atoms with van der Waals surface area (Å²) in [6.45, 7) is 1.79. The lowest BCUT2D eigenvalue weighted by Gasteiger charge is -2.07. The van der Waals surface area contributed by atoms with Crippen LogP contribution in [0.2, 0.25) is 0 Å². The van der Waals surface area contributed by atoms with E-state index in [4.69, 9.17) is 9.84 Å². The molecule has 0 saturated carbocycles. The van der Waals surface area contributed by atoms with Gasteiger partial charge < -0.3 is 19.9 Å². The first-order valence-corrected chi connectivity index (χ1v) is 8.99. The topological polar surface area (TPSA) is 87.5 Å². The molecule has 2 aromatic rings. The molecule has 0 atom stereocenters. The molecule has 6 nitrogen and oxygen atoms in total. The Labute approximate surface area is 148 Å². The fraction of sp³-hybridized carbons (Fsp3) is 0.526. The zero-order valence-electron chi connectivity index (χ0n) is 14.6. The number of H-pyrrole nitrogens is 1. The van der Waals surface area contributed by atoms with E-state index in [2.05, 4.69) is 4.98 Å². The molecule has 138 valence electrons. The first kappa shape index (κ1) is 19.3. The number of unbranched alkanes of at least 4 members (excludes halogenated alkanes) is 4. The van der Waals surface area contributed by atoms with Crippen LogP contribution in [0.4, 0.5) is 0 Å². The van der Waals surface area contributed by atoms with Gasteiger partial charge in [-0.15, -0.1) is 0 Å². The average Bonchev–Trinajstić information content (AvgIpc) is 2.95. The number of aliphatic hydroxyl groups is 1. The fourth-order valence-corrected chi connectivity index (χ4v) is 2.79. The molecule has 3 N–H and O–H groups in total. The predicted molar refractivity (Wildman–Crippen MR) is 97.4 cm³/mol. The fourth-order valence-electron chi connectivity index (χ4n) is 2.79. The van der Waals surface area contributed by atoms with Crippen molar-refractivity contribution in [1.29, 1.82) is 0 Å². The molecule has 25 heavy (non-hydrogen) atoms. The standard InChI is InChI=1S/C19H28N2O4/c22-11-4-2-1-3-5-12-25-13-7-9-16-8-6-10-17(14-16)21-18(23)15-20-19(21)24/h6,8,10,14-15,22-23H,1-5,7,9,11-13H2,(H,20,24). The van der Waals surface area contributed by atoms with Gasteiger partial charge in [-0.2, -0.15) is 0 Å². The van der Waals surface area contributed by atoms with Gasteiger partial charge in [-0.3, -0.25) is 0 Å². The lowest BCUT2D eigenvalue weighted by atomic mass is 10.1. The van der Waals surface area contributed by atoms with E-state index in [0.717, 1.165) is 63.7 Å². The lowest BCUT2D eigenvalue weighted by Crippen LogP contribution is -2.14. The van der Waals surface area contributed by atoms with Gasteiger partial charge in [-0.25, -0.2) is 9.36 Å². The second-order valence-corrected chi connectivity index (χ2v) is 6.16. The molecule has 0 bridgehead atoms. The Hall–Kier alpha value is -2.05. The van der Waals surface area contributed by atoms with Gasteiger partial charge in [0.05, 0.1) is 11.9 Å². The van der Waals surface area contributed by atoms with Crippen molar-refractivity contribution in [3.63, 3.8) is 0 Å². The van der Waals surface area contributed by atoms with Crippen molar-refractivity contribution in [2.75, 3.05) is 19.8 Å². The highest BCUT2D eigenvalue weighted by Gasteiger charge is 2.07. The number of benzene rings is 1. The summed E-state index contributed by atoms with van der Waals surface area (Å²) >= 11 is 0. The van der Waals surface area contributed by atoms with Crippen LogP contribution in [0.1, 0.15) is 44.1 Å². The predicted octanol–water partition coefficient (Wildman–Crippen LogP) is 2.76. The van der Waals surface area contributed by atoms with Crippen molar-refractivity contribution in [3.05, 3.63) is 46.5 Å². The highest BCUT2D eigenvalue weighted by molar-refractivity contribution is 5.38. The number of hydrogen-bond donors (Lipinski definition) is 3. The third kappa shape index (κ3) is 6.40. The number of hydrogen-bond acceptors (Lipinski definition) is 4. The highest BCUT2D eigenvalue weighted by atomic mass is 16.5. The summed E-state index contributed by atoms with van der Waals surface area (Å²) in [5.74, 6) is -0.0931. The second-order valence-electron chi connectivity index (χ2n) is 6.16. The summed E-state index contributed by atoms with van der Waals surface area (Å²) in [5.41, 5.74) is 1.42. The van der Waals surface area contributed by atoms with Gasteiger partial charge >= 0.3 is 5.69 Å². The smallest absolute Gasteiger partial charge is 0.333 e. The van der Waals surface area contributed by atoms with Crippen molar-refractivity contribution in [3.8, 4) is 11.6 Å². The Bertz CT molecular complexity index is 678. The molecule has 0 fully saturated rings. The second kappa shape index (κ2) is 10.7. The normalized spacial score (nSPS) is 11.1. The highest BCUT2D eigenvalue weighted by Crippen LogP contribution is 2.15. The van der Waals surface area contributed by atoms with Crippen LogP contribution in [0.3, 0.4) is 0 Å². The molecule has 0 spiro atoms. The van der Waals surface area contributed by atoms with Crippen LogP contribution in [0.25, 0.3) is 5.69 Å². The van der Waals surface area contributed by atoms with E-state index in [-0.39, 0.29) is 18.2 Å². The molecule has 6 heteroatoms. The van der Waals surface area contributed by atoms with Crippen molar-refractivity contribution >= 4 is 0 Å². The summed E-state index contributed by atoms with van der Waals surface area (Å²) in [6, 6.07) is 7.61. The summed E-state index contributed by atoms with van der Waals surface area (Å²) in [6.07, 6.45) is 8.42. The number of aromatic hydroxyl groups is 1. The van der Waals surface area contributed by atoms with Gasteiger partial charge in [0.2, 0.25) is 5.88 Å². The van der Waals surface area contributed by atoms with E-state index in [1.807, 2.05) is 18.2 Å². The van der Waals surface area contributed by atoms with Crippen molar-refractivity contribution in [1.82, 2.24) is 9.55 Å². The quantitative estimate of drug-likeness (QED) is 0.515. The zero-order chi connectivity index (χ0) is 17.9. The summed E-state index contributed by atoms with van der Waals surface area (Å²) in [5, 5.41) is 18.4. The SMILES string of the molecule is O=c1[nH]cc(O)n1-c1cccc(CCCOCCCCCCCO)c1. The first-order chi connectivity index (χ1) is 12.2. The van der Waals surface area contributed by atoms with Crippen LogP contribution < -0.4 is 5.69 Å². The Kier molecular flexibility index (Phi) is 8.28.